The van der Waals surface area contributed by atoms with Gasteiger partial charge in [0.15, 0.2) is 0 Å². The lowest BCUT2D eigenvalue weighted by molar-refractivity contribution is -0.100. The molecule has 1 aromatic rings. The lowest BCUT2D eigenvalue weighted by Crippen LogP contribution is -2.56. The Morgan fingerprint density at radius 3 is 2.80 bits per heavy atom. The van der Waals surface area contributed by atoms with Crippen molar-refractivity contribution in [2.75, 3.05) is 45.8 Å². The second-order valence-electron chi connectivity index (χ2n) is 8.73. The predicted octanol–water partition coefficient (Wildman–Crippen LogP) is 3.48. The molecule has 4 rings (SSSR count). The highest BCUT2D eigenvalue weighted by atomic mass is 79.9. The number of methoxy groups -OCH3 is 1. The van der Waals surface area contributed by atoms with E-state index in [0.717, 1.165) is 42.8 Å². The van der Waals surface area contributed by atoms with E-state index in [9.17, 15) is 4.39 Å². The standard InChI is InChI=1S/C22H32BrFN4O2/c1-28-7-5-14(6-8-28)12-30-21-11-19-16(10-20(21)29-2)22(26-13-25-19)27-18-4-3-15(23)9-17(18)24/h3-4,9,14,16,19-21,25H,5-8,10-13H2,1-2H3,(H,26,27). The molecule has 1 saturated carbocycles. The Morgan fingerprint density at radius 1 is 1.27 bits per heavy atom. The maximum absolute atomic E-state index is 14.3. The first kappa shape index (κ1) is 22.1. The monoisotopic (exact) mass is 482 g/mol. The van der Waals surface area contributed by atoms with Crippen LogP contribution in [-0.4, -0.2) is 69.5 Å². The van der Waals surface area contributed by atoms with E-state index >= 15 is 0 Å². The number of benzene rings is 1. The van der Waals surface area contributed by atoms with Gasteiger partial charge in [0.2, 0.25) is 0 Å². The van der Waals surface area contributed by atoms with Gasteiger partial charge >= 0.3 is 0 Å². The van der Waals surface area contributed by atoms with Crippen LogP contribution < -0.4 is 10.6 Å². The molecule has 4 unspecified atom stereocenters. The van der Waals surface area contributed by atoms with Crippen molar-refractivity contribution in [3.05, 3.63) is 28.5 Å². The predicted molar refractivity (Wildman–Crippen MR) is 120 cm³/mol. The summed E-state index contributed by atoms with van der Waals surface area (Å²) in [6.07, 6.45) is 4.16. The average Bonchev–Trinajstić information content (AvgIpc) is 2.75. The van der Waals surface area contributed by atoms with Crippen LogP contribution in [0.15, 0.2) is 27.7 Å². The van der Waals surface area contributed by atoms with E-state index in [1.807, 2.05) is 6.07 Å². The fraction of sp³-hybridized carbons (Fsp3) is 0.682. The Bertz CT molecular complexity index is 757. The third-order valence-electron chi connectivity index (χ3n) is 6.71. The Morgan fingerprint density at radius 2 is 2.07 bits per heavy atom. The molecule has 0 radical (unpaired) electrons. The molecule has 2 heterocycles. The summed E-state index contributed by atoms with van der Waals surface area (Å²) in [5.74, 6) is 1.32. The minimum atomic E-state index is -0.291. The third-order valence-corrected chi connectivity index (χ3v) is 7.20. The number of anilines is 1. The molecule has 8 heteroatoms. The molecule has 4 atom stereocenters. The molecule has 0 aromatic heterocycles. The number of likely N-dealkylation sites (tertiary alicyclic amines) is 1. The molecule has 1 aromatic carbocycles. The van der Waals surface area contributed by atoms with Crippen LogP contribution in [0.1, 0.15) is 25.7 Å². The molecule has 2 aliphatic heterocycles. The number of piperidine rings is 1. The molecular formula is C22H32BrFN4O2. The summed E-state index contributed by atoms with van der Waals surface area (Å²) in [5, 5.41) is 6.74. The number of rotatable bonds is 5. The van der Waals surface area contributed by atoms with Gasteiger partial charge in [0, 0.05) is 30.1 Å². The molecule has 0 spiro atoms. The summed E-state index contributed by atoms with van der Waals surface area (Å²) < 4.78 is 27.3. The van der Waals surface area contributed by atoms with E-state index in [2.05, 4.69) is 43.5 Å². The molecule has 0 amide bonds. The van der Waals surface area contributed by atoms with Crippen molar-refractivity contribution in [2.24, 2.45) is 16.8 Å². The first-order valence-corrected chi connectivity index (χ1v) is 11.7. The number of nitrogens with one attached hydrogen (secondary N) is 2. The van der Waals surface area contributed by atoms with Gasteiger partial charge in [0.1, 0.15) is 11.7 Å². The van der Waals surface area contributed by atoms with Gasteiger partial charge in [-0.25, -0.2) is 4.39 Å². The lowest BCUT2D eigenvalue weighted by atomic mass is 9.79. The third kappa shape index (κ3) is 5.22. The maximum Gasteiger partial charge on any atom is 0.147 e. The van der Waals surface area contributed by atoms with Gasteiger partial charge in [0.05, 0.1) is 24.6 Å². The number of ether oxygens (including phenoxy) is 2. The van der Waals surface area contributed by atoms with Crippen LogP contribution in [-0.2, 0) is 9.47 Å². The number of aliphatic imine (C=N–C) groups is 1. The lowest BCUT2D eigenvalue weighted by Gasteiger charge is -2.43. The molecule has 166 valence electrons. The first-order chi connectivity index (χ1) is 14.5. The van der Waals surface area contributed by atoms with Crippen LogP contribution >= 0.6 is 15.9 Å². The van der Waals surface area contributed by atoms with Crippen molar-refractivity contribution in [1.29, 1.82) is 0 Å². The van der Waals surface area contributed by atoms with Crippen LogP contribution in [0.3, 0.4) is 0 Å². The van der Waals surface area contributed by atoms with Crippen molar-refractivity contribution in [2.45, 2.75) is 43.9 Å². The molecule has 30 heavy (non-hydrogen) atoms. The number of nitrogens with zero attached hydrogens (tertiary/aromatic N) is 2. The van der Waals surface area contributed by atoms with Crippen LogP contribution in [0, 0.1) is 17.7 Å². The second-order valence-corrected chi connectivity index (χ2v) is 9.65. The molecule has 1 saturated heterocycles. The number of hydrogen-bond acceptors (Lipinski definition) is 6. The number of halogens is 2. The summed E-state index contributed by atoms with van der Waals surface area (Å²) in [4.78, 5) is 6.99. The summed E-state index contributed by atoms with van der Waals surface area (Å²) in [6.45, 7) is 3.63. The van der Waals surface area contributed by atoms with Crippen LogP contribution in [0.25, 0.3) is 0 Å². The van der Waals surface area contributed by atoms with E-state index in [4.69, 9.17) is 9.47 Å². The van der Waals surface area contributed by atoms with Crippen molar-refractivity contribution < 1.29 is 13.9 Å². The van der Waals surface area contributed by atoms with E-state index in [-0.39, 0.29) is 30.0 Å². The first-order valence-electron chi connectivity index (χ1n) is 10.9. The van der Waals surface area contributed by atoms with Gasteiger partial charge < -0.3 is 19.7 Å². The smallest absolute Gasteiger partial charge is 0.147 e. The number of amidine groups is 1. The Labute approximate surface area is 186 Å². The van der Waals surface area contributed by atoms with Crippen molar-refractivity contribution >= 4 is 27.5 Å². The Balaban J connectivity index is 1.38. The zero-order chi connectivity index (χ0) is 21.1. The average molecular weight is 483 g/mol. The minimum absolute atomic E-state index is 0.0131. The maximum atomic E-state index is 14.3. The number of fused-ring (bicyclic) bond motifs is 1. The van der Waals surface area contributed by atoms with Gasteiger partial charge in [-0.2, -0.15) is 0 Å². The van der Waals surface area contributed by atoms with Crippen molar-refractivity contribution in [3.63, 3.8) is 0 Å². The zero-order valence-electron chi connectivity index (χ0n) is 17.7. The van der Waals surface area contributed by atoms with Crippen molar-refractivity contribution in [3.8, 4) is 0 Å². The molecular weight excluding hydrogens is 451 g/mol. The molecule has 1 aliphatic carbocycles. The van der Waals surface area contributed by atoms with E-state index < -0.39 is 0 Å². The largest absolute Gasteiger partial charge is 0.379 e. The summed E-state index contributed by atoms with van der Waals surface area (Å²) in [7, 11) is 3.94. The van der Waals surface area contributed by atoms with E-state index in [1.54, 1.807) is 13.2 Å². The molecule has 2 fully saturated rings. The van der Waals surface area contributed by atoms with Crippen LogP contribution in [0.2, 0.25) is 0 Å². The van der Waals surface area contributed by atoms with E-state index in [0.29, 0.717) is 18.3 Å². The minimum Gasteiger partial charge on any atom is -0.379 e. The van der Waals surface area contributed by atoms with Crippen LogP contribution in [0.4, 0.5) is 10.1 Å². The SMILES string of the molecule is COC1CC2C(Nc3ccc(Br)cc3F)=NCNC2CC1OCC1CCN(C)CC1. The second kappa shape index (κ2) is 10.0. The van der Waals surface area contributed by atoms with Crippen LogP contribution in [0.5, 0.6) is 0 Å². The quantitative estimate of drug-likeness (QED) is 0.672. The fourth-order valence-corrected chi connectivity index (χ4v) is 5.13. The van der Waals surface area contributed by atoms with Gasteiger partial charge in [-0.15, -0.1) is 0 Å². The molecule has 0 bridgehead atoms. The zero-order valence-corrected chi connectivity index (χ0v) is 19.3. The highest BCUT2D eigenvalue weighted by Crippen LogP contribution is 2.33. The fourth-order valence-electron chi connectivity index (χ4n) is 4.80. The highest BCUT2D eigenvalue weighted by molar-refractivity contribution is 9.10. The normalized spacial score (nSPS) is 30.6. The van der Waals surface area contributed by atoms with Gasteiger partial charge in [0.25, 0.3) is 0 Å². The summed E-state index contributed by atoms with van der Waals surface area (Å²) in [5.41, 5.74) is 0.451. The topological polar surface area (TPSA) is 58.1 Å². The molecule has 3 aliphatic rings. The molecule has 2 N–H and O–H groups in total. The van der Waals surface area contributed by atoms with E-state index in [1.165, 1.54) is 18.9 Å². The number of hydrogen-bond donors (Lipinski definition) is 2. The summed E-state index contributed by atoms with van der Waals surface area (Å²) in [6, 6.07) is 5.28. The molecule has 6 nitrogen and oxygen atoms in total. The highest BCUT2D eigenvalue weighted by Gasteiger charge is 2.42. The summed E-state index contributed by atoms with van der Waals surface area (Å²) >= 11 is 3.31. The van der Waals surface area contributed by atoms with Gasteiger partial charge in [-0.1, -0.05) is 15.9 Å². The Kier molecular flexibility index (Phi) is 7.41. The Hall–Kier alpha value is -1.06. The van der Waals surface area contributed by atoms with Gasteiger partial charge in [-0.3, -0.25) is 10.3 Å². The van der Waals surface area contributed by atoms with Crippen molar-refractivity contribution in [1.82, 2.24) is 10.2 Å². The van der Waals surface area contributed by atoms with Gasteiger partial charge in [-0.05, 0) is 69.9 Å².